The van der Waals surface area contributed by atoms with Crippen molar-refractivity contribution in [1.82, 2.24) is 24.8 Å². The molecule has 0 amide bonds. The molecule has 2 aliphatic rings. The summed E-state index contributed by atoms with van der Waals surface area (Å²) in [7, 11) is 3.80. The number of hydrogen-bond donors (Lipinski definition) is 2. The molecule has 8 nitrogen and oxygen atoms in total. The van der Waals surface area contributed by atoms with Gasteiger partial charge in [0, 0.05) is 23.2 Å². The minimum Gasteiger partial charge on any atom is -0.491 e. The van der Waals surface area contributed by atoms with E-state index in [1.807, 2.05) is 0 Å². The quantitative estimate of drug-likeness (QED) is 0.338. The number of ether oxygens (including phenoxy) is 2. The lowest BCUT2D eigenvalue weighted by molar-refractivity contribution is 0.243. The second-order valence-corrected chi connectivity index (χ2v) is 11.0. The minimum atomic E-state index is 0.404. The second kappa shape index (κ2) is 9.38. The maximum Gasteiger partial charge on any atom is 0.226 e. The van der Waals surface area contributed by atoms with E-state index in [2.05, 4.69) is 58.9 Å². The third kappa shape index (κ3) is 4.21. The predicted octanol–water partition coefficient (Wildman–Crippen LogP) is 5.71. The van der Waals surface area contributed by atoms with E-state index in [9.17, 15) is 5.26 Å². The van der Waals surface area contributed by atoms with Crippen LogP contribution in [-0.2, 0) is 0 Å². The molecule has 0 radical (unpaired) electrons. The van der Waals surface area contributed by atoms with E-state index in [-0.39, 0.29) is 0 Å². The number of aromatic amines is 2. The van der Waals surface area contributed by atoms with Gasteiger partial charge in [-0.05, 0) is 69.3 Å². The molecule has 2 fully saturated rings. The van der Waals surface area contributed by atoms with Gasteiger partial charge in [-0.3, -0.25) is 0 Å². The first kappa shape index (κ1) is 23.8. The first-order valence-corrected chi connectivity index (χ1v) is 13.3. The van der Waals surface area contributed by atoms with Crippen LogP contribution >= 0.6 is 0 Å². The predicted molar refractivity (Wildman–Crippen MR) is 144 cm³/mol. The molecule has 3 aromatic heterocycles. The van der Waals surface area contributed by atoms with Gasteiger partial charge in [0.15, 0.2) is 5.75 Å². The molecule has 0 atom stereocenters. The molecule has 192 valence electrons. The number of nitrogens with one attached hydrogen (secondary N) is 2. The van der Waals surface area contributed by atoms with E-state index >= 15 is 0 Å². The van der Waals surface area contributed by atoms with E-state index in [1.165, 1.54) is 5.56 Å². The average Bonchev–Trinajstić information content (AvgIpc) is 3.54. The fraction of sp³-hybridized carbons (Fsp3) is 0.483. The largest absolute Gasteiger partial charge is 0.491 e. The maximum absolute atomic E-state index is 9.92. The molecule has 1 aliphatic carbocycles. The number of aromatic nitrogens is 4. The highest BCUT2D eigenvalue weighted by Crippen LogP contribution is 2.46. The molecule has 8 heteroatoms. The monoisotopic (exact) mass is 498 g/mol. The van der Waals surface area contributed by atoms with Gasteiger partial charge in [-0.2, -0.15) is 5.26 Å². The number of methoxy groups -OCH3 is 1. The Balaban J connectivity index is 1.52. The summed E-state index contributed by atoms with van der Waals surface area (Å²) in [5, 5.41) is 10.7. The van der Waals surface area contributed by atoms with Gasteiger partial charge in [-0.25, -0.2) is 9.97 Å². The highest BCUT2D eigenvalue weighted by molar-refractivity contribution is 6.00. The lowest BCUT2D eigenvalue weighted by atomic mass is 9.88. The fourth-order valence-electron chi connectivity index (χ4n) is 5.56. The third-order valence-electron chi connectivity index (χ3n) is 7.73. The van der Waals surface area contributed by atoms with Crippen molar-refractivity contribution in [1.29, 1.82) is 5.26 Å². The number of fused-ring (bicyclic) bond motifs is 2. The Morgan fingerprint density at radius 1 is 1.14 bits per heavy atom. The molecule has 1 saturated heterocycles. The van der Waals surface area contributed by atoms with E-state index in [0.29, 0.717) is 41.6 Å². The number of pyridine rings is 1. The SMILES string of the molecule is COc1ncc2c(C#N)c(C3CC3)[nH]c2c1-c1nc2c(OCC(C)C)c(C3CCN(C)CC3)ccc2[nH]1. The molecule has 37 heavy (non-hydrogen) atoms. The van der Waals surface area contributed by atoms with Gasteiger partial charge in [0.1, 0.15) is 23.0 Å². The summed E-state index contributed by atoms with van der Waals surface area (Å²) < 4.78 is 12.2. The summed E-state index contributed by atoms with van der Waals surface area (Å²) in [6.07, 6.45) is 6.15. The summed E-state index contributed by atoms with van der Waals surface area (Å²) in [5.41, 5.74) is 6.25. The van der Waals surface area contributed by atoms with Gasteiger partial charge >= 0.3 is 0 Å². The Morgan fingerprint density at radius 3 is 2.59 bits per heavy atom. The van der Waals surface area contributed by atoms with E-state index < -0.39 is 0 Å². The summed E-state index contributed by atoms with van der Waals surface area (Å²) in [5.74, 6) is 3.27. The van der Waals surface area contributed by atoms with Crippen LogP contribution in [0.4, 0.5) is 0 Å². The Hall–Kier alpha value is -3.57. The Bertz CT molecular complexity index is 1500. The molecule has 1 saturated carbocycles. The smallest absolute Gasteiger partial charge is 0.226 e. The number of hydrogen-bond acceptors (Lipinski definition) is 6. The van der Waals surface area contributed by atoms with E-state index in [0.717, 1.165) is 77.7 Å². The summed E-state index contributed by atoms with van der Waals surface area (Å²) in [6, 6.07) is 6.73. The number of rotatable bonds is 7. The van der Waals surface area contributed by atoms with Crippen molar-refractivity contribution in [3.8, 4) is 29.1 Å². The van der Waals surface area contributed by atoms with Crippen molar-refractivity contribution in [3.63, 3.8) is 0 Å². The summed E-state index contributed by atoms with van der Waals surface area (Å²) >= 11 is 0. The minimum absolute atomic E-state index is 0.404. The molecule has 6 rings (SSSR count). The van der Waals surface area contributed by atoms with Crippen molar-refractivity contribution < 1.29 is 9.47 Å². The zero-order chi connectivity index (χ0) is 25.7. The molecule has 0 bridgehead atoms. The van der Waals surface area contributed by atoms with Crippen LogP contribution in [0.3, 0.4) is 0 Å². The number of likely N-dealkylation sites (tertiary alicyclic amines) is 1. The van der Waals surface area contributed by atoms with Crippen LogP contribution in [0.2, 0.25) is 0 Å². The summed E-state index contributed by atoms with van der Waals surface area (Å²) in [4.78, 5) is 19.1. The van der Waals surface area contributed by atoms with Crippen LogP contribution in [-0.4, -0.2) is 58.7 Å². The zero-order valence-corrected chi connectivity index (χ0v) is 22.0. The molecule has 4 heterocycles. The van der Waals surface area contributed by atoms with Crippen LogP contribution < -0.4 is 9.47 Å². The highest BCUT2D eigenvalue weighted by atomic mass is 16.5. The van der Waals surface area contributed by atoms with Crippen molar-refractivity contribution in [3.05, 3.63) is 35.2 Å². The second-order valence-electron chi connectivity index (χ2n) is 11.0. The number of nitriles is 1. The molecule has 2 N–H and O–H groups in total. The molecule has 1 aromatic carbocycles. The van der Waals surface area contributed by atoms with E-state index in [4.69, 9.17) is 14.5 Å². The van der Waals surface area contributed by atoms with Crippen LogP contribution in [0.15, 0.2) is 18.3 Å². The molecule has 1 aliphatic heterocycles. The summed E-state index contributed by atoms with van der Waals surface area (Å²) in [6.45, 7) is 7.13. The number of piperidine rings is 1. The van der Waals surface area contributed by atoms with Gasteiger partial charge < -0.3 is 24.3 Å². The number of nitrogens with zero attached hydrogens (tertiary/aromatic N) is 4. The lowest BCUT2D eigenvalue weighted by Gasteiger charge is -2.30. The Morgan fingerprint density at radius 2 is 1.92 bits per heavy atom. The maximum atomic E-state index is 9.92. The fourth-order valence-corrected chi connectivity index (χ4v) is 5.56. The van der Waals surface area contributed by atoms with Gasteiger partial charge in [0.05, 0.1) is 30.3 Å². The van der Waals surface area contributed by atoms with Crippen molar-refractivity contribution in [2.75, 3.05) is 33.9 Å². The number of benzene rings is 1. The molecular weight excluding hydrogens is 464 g/mol. The Kier molecular flexibility index (Phi) is 6.04. The number of imidazole rings is 1. The Labute approximate surface area is 217 Å². The van der Waals surface area contributed by atoms with Gasteiger partial charge in [-0.15, -0.1) is 0 Å². The van der Waals surface area contributed by atoms with Crippen molar-refractivity contribution >= 4 is 21.9 Å². The first-order valence-electron chi connectivity index (χ1n) is 13.3. The molecule has 4 aromatic rings. The molecular formula is C29H34N6O2. The number of H-pyrrole nitrogens is 2. The average molecular weight is 499 g/mol. The lowest BCUT2D eigenvalue weighted by Crippen LogP contribution is -2.29. The van der Waals surface area contributed by atoms with Gasteiger partial charge in [0.25, 0.3) is 0 Å². The third-order valence-corrected chi connectivity index (χ3v) is 7.73. The van der Waals surface area contributed by atoms with Crippen LogP contribution in [0, 0.1) is 17.2 Å². The molecule has 0 spiro atoms. The van der Waals surface area contributed by atoms with Crippen molar-refractivity contribution in [2.45, 2.75) is 51.4 Å². The van der Waals surface area contributed by atoms with Crippen molar-refractivity contribution in [2.24, 2.45) is 5.92 Å². The standard InChI is InChI=1S/C29H34N6O2/c1-16(2)15-37-27-19(17-9-11-35(3)12-10-17)7-8-22-26(27)34-28(32-22)23-25-21(14-31-29(23)36-4)20(13-30)24(33-25)18-5-6-18/h7-8,14,16-18,33H,5-6,9-12,15H2,1-4H3,(H,32,34). The molecule has 0 unspecified atom stereocenters. The zero-order valence-electron chi connectivity index (χ0n) is 22.0. The van der Waals surface area contributed by atoms with Crippen LogP contribution in [0.1, 0.15) is 68.2 Å². The first-order chi connectivity index (χ1) is 18.0. The van der Waals surface area contributed by atoms with Crippen LogP contribution in [0.5, 0.6) is 11.6 Å². The normalized spacial score (nSPS) is 17.1. The van der Waals surface area contributed by atoms with E-state index in [1.54, 1.807) is 13.3 Å². The topological polar surface area (TPSA) is 103 Å². The van der Waals surface area contributed by atoms with Crippen LogP contribution in [0.25, 0.3) is 33.3 Å². The van der Waals surface area contributed by atoms with Gasteiger partial charge in [-0.1, -0.05) is 19.9 Å². The van der Waals surface area contributed by atoms with Gasteiger partial charge in [0.2, 0.25) is 5.88 Å². The highest BCUT2D eigenvalue weighted by Gasteiger charge is 2.31.